The van der Waals surface area contributed by atoms with E-state index < -0.39 is 0 Å². The van der Waals surface area contributed by atoms with Gasteiger partial charge in [0.05, 0.1) is 0 Å². The van der Waals surface area contributed by atoms with Crippen molar-refractivity contribution in [2.75, 3.05) is 5.75 Å². The van der Waals surface area contributed by atoms with Gasteiger partial charge >= 0.3 is 0 Å². The van der Waals surface area contributed by atoms with Crippen LogP contribution in [0.25, 0.3) is 0 Å². The zero-order valence-electron chi connectivity index (χ0n) is 9.73. The van der Waals surface area contributed by atoms with Crippen LogP contribution >= 0.6 is 11.8 Å². The summed E-state index contributed by atoms with van der Waals surface area (Å²) in [6.07, 6.45) is 8.85. The predicted octanol–water partition coefficient (Wildman–Crippen LogP) is 4.92. The second-order valence-electron chi connectivity index (χ2n) is 3.71. The Bertz CT molecular complexity index is 236. The second-order valence-corrected chi connectivity index (χ2v) is 4.98. The maximum atomic E-state index is 2.42. The van der Waals surface area contributed by atoms with Gasteiger partial charge in [-0.2, -0.15) is 0 Å². The third-order valence-electron chi connectivity index (χ3n) is 2.70. The fraction of sp³-hybridized carbons (Fsp3) is 0.692. The lowest BCUT2D eigenvalue weighted by Crippen LogP contribution is -2.01. The molecule has 0 bridgehead atoms. The highest BCUT2D eigenvalue weighted by molar-refractivity contribution is 8.03. The fourth-order valence-corrected chi connectivity index (χ4v) is 3.17. The Morgan fingerprint density at radius 1 is 1.21 bits per heavy atom. The lowest BCUT2D eigenvalue weighted by Gasteiger charge is -2.22. The summed E-state index contributed by atoms with van der Waals surface area (Å²) >= 11 is 2.04. The third-order valence-corrected chi connectivity index (χ3v) is 3.83. The second kappa shape index (κ2) is 6.34. The minimum Gasteiger partial charge on any atom is -0.126 e. The van der Waals surface area contributed by atoms with E-state index in [2.05, 4.69) is 26.8 Å². The van der Waals surface area contributed by atoms with E-state index in [9.17, 15) is 0 Å². The SMILES string of the molecule is CC/C=C1/CCCC(CC)=C1SCC. The topological polar surface area (TPSA) is 0 Å². The number of rotatable bonds is 4. The maximum absolute atomic E-state index is 2.42. The molecule has 14 heavy (non-hydrogen) atoms. The first-order chi connectivity index (χ1) is 6.83. The summed E-state index contributed by atoms with van der Waals surface area (Å²) in [5, 5.41) is 0. The van der Waals surface area contributed by atoms with Gasteiger partial charge in [0.25, 0.3) is 0 Å². The van der Waals surface area contributed by atoms with Crippen LogP contribution in [0.1, 0.15) is 52.9 Å². The molecule has 0 aromatic carbocycles. The average Bonchev–Trinajstić information content (AvgIpc) is 2.21. The molecular formula is C13H22S. The fourth-order valence-electron chi connectivity index (χ4n) is 2.06. The van der Waals surface area contributed by atoms with Crippen molar-refractivity contribution in [3.05, 3.63) is 22.1 Å². The van der Waals surface area contributed by atoms with Crippen LogP contribution in [0.15, 0.2) is 22.1 Å². The number of hydrogen-bond acceptors (Lipinski definition) is 1. The van der Waals surface area contributed by atoms with E-state index in [1.807, 2.05) is 11.8 Å². The van der Waals surface area contributed by atoms with Gasteiger partial charge in [-0.3, -0.25) is 0 Å². The lowest BCUT2D eigenvalue weighted by molar-refractivity contribution is 0.750. The van der Waals surface area contributed by atoms with Gasteiger partial charge in [0.1, 0.15) is 0 Å². The largest absolute Gasteiger partial charge is 0.126 e. The van der Waals surface area contributed by atoms with Crippen molar-refractivity contribution < 1.29 is 0 Å². The smallest absolute Gasteiger partial charge is 0.00926 e. The molecule has 0 aromatic heterocycles. The van der Waals surface area contributed by atoms with Crippen LogP contribution in [0.3, 0.4) is 0 Å². The molecule has 0 radical (unpaired) electrons. The minimum atomic E-state index is 1.18. The van der Waals surface area contributed by atoms with E-state index in [0.29, 0.717) is 0 Å². The van der Waals surface area contributed by atoms with Gasteiger partial charge < -0.3 is 0 Å². The van der Waals surface area contributed by atoms with Gasteiger partial charge in [0, 0.05) is 4.91 Å². The average molecular weight is 210 g/mol. The molecule has 0 heterocycles. The maximum Gasteiger partial charge on any atom is 0.00926 e. The van der Waals surface area contributed by atoms with E-state index in [0.717, 1.165) is 0 Å². The quantitative estimate of drug-likeness (QED) is 0.634. The molecule has 0 aliphatic heterocycles. The molecule has 80 valence electrons. The van der Waals surface area contributed by atoms with Crippen molar-refractivity contribution in [2.24, 2.45) is 0 Å². The highest BCUT2D eigenvalue weighted by Gasteiger charge is 2.15. The molecule has 1 aliphatic carbocycles. The summed E-state index contributed by atoms with van der Waals surface area (Å²) in [4.78, 5) is 1.63. The van der Waals surface area contributed by atoms with Crippen molar-refractivity contribution in [3.8, 4) is 0 Å². The van der Waals surface area contributed by atoms with Crippen LogP contribution in [0, 0.1) is 0 Å². The van der Waals surface area contributed by atoms with Gasteiger partial charge in [-0.1, -0.05) is 32.4 Å². The Balaban J connectivity index is 2.90. The van der Waals surface area contributed by atoms with E-state index in [-0.39, 0.29) is 0 Å². The highest BCUT2D eigenvalue weighted by atomic mass is 32.2. The summed E-state index contributed by atoms with van der Waals surface area (Å²) in [6, 6.07) is 0. The van der Waals surface area contributed by atoms with Gasteiger partial charge in [0.2, 0.25) is 0 Å². The van der Waals surface area contributed by atoms with Crippen LogP contribution in [-0.4, -0.2) is 5.75 Å². The van der Waals surface area contributed by atoms with Crippen LogP contribution in [0.5, 0.6) is 0 Å². The molecule has 0 N–H and O–H groups in total. The Morgan fingerprint density at radius 3 is 2.57 bits per heavy atom. The van der Waals surface area contributed by atoms with Crippen LogP contribution in [-0.2, 0) is 0 Å². The number of allylic oxidation sites excluding steroid dienone is 3. The van der Waals surface area contributed by atoms with Gasteiger partial charge in [-0.25, -0.2) is 0 Å². The van der Waals surface area contributed by atoms with E-state index in [1.165, 1.54) is 37.9 Å². The Labute approximate surface area is 92.9 Å². The first-order valence-corrected chi connectivity index (χ1v) is 6.86. The van der Waals surface area contributed by atoms with E-state index in [1.54, 1.807) is 16.1 Å². The summed E-state index contributed by atoms with van der Waals surface area (Å²) in [5.74, 6) is 1.21. The minimum absolute atomic E-state index is 1.18. The molecular weight excluding hydrogens is 188 g/mol. The monoisotopic (exact) mass is 210 g/mol. The van der Waals surface area contributed by atoms with Crippen molar-refractivity contribution in [1.82, 2.24) is 0 Å². The van der Waals surface area contributed by atoms with Crippen LogP contribution in [0.4, 0.5) is 0 Å². The molecule has 0 atom stereocenters. The Kier molecular flexibility index (Phi) is 5.39. The molecule has 0 aromatic rings. The van der Waals surface area contributed by atoms with Gasteiger partial charge in [0.15, 0.2) is 0 Å². The molecule has 0 spiro atoms. The first-order valence-electron chi connectivity index (χ1n) is 5.87. The van der Waals surface area contributed by atoms with E-state index in [4.69, 9.17) is 0 Å². The van der Waals surface area contributed by atoms with Gasteiger partial charge in [-0.15, -0.1) is 11.8 Å². The Hall–Kier alpha value is -0.170. The van der Waals surface area contributed by atoms with Crippen molar-refractivity contribution in [2.45, 2.75) is 52.9 Å². The number of thioether (sulfide) groups is 1. The molecule has 0 unspecified atom stereocenters. The zero-order chi connectivity index (χ0) is 10.4. The number of hydrogen-bond donors (Lipinski definition) is 0. The zero-order valence-corrected chi connectivity index (χ0v) is 10.5. The van der Waals surface area contributed by atoms with Crippen molar-refractivity contribution in [1.29, 1.82) is 0 Å². The van der Waals surface area contributed by atoms with Gasteiger partial charge in [-0.05, 0) is 43.4 Å². The normalized spacial score (nSPS) is 20.6. The van der Waals surface area contributed by atoms with Crippen molar-refractivity contribution in [3.63, 3.8) is 0 Å². The molecule has 0 fully saturated rings. The third kappa shape index (κ3) is 2.91. The van der Waals surface area contributed by atoms with Crippen LogP contribution < -0.4 is 0 Å². The van der Waals surface area contributed by atoms with E-state index >= 15 is 0 Å². The molecule has 1 rings (SSSR count). The molecule has 1 aliphatic rings. The summed E-state index contributed by atoms with van der Waals surface area (Å²) in [6.45, 7) is 6.78. The molecule has 0 nitrogen and oxygen atoms in total. The summed E-state index contributed by atoms with van der Waals surface area (Å²) < 4.78 is 0. The molecule has 1 heteroatoms. The molecule has 0 amide bonds. The highest BCUT2D eigenvalue weighted by Crippen LogP contribution is 2.38. The standard InChI is InChI=1S/C13H22S/c1-4-8-12-10-7-9-11(5-2)13(12)14-6-3/h8H,4-7,9-10H2,1-3H3/b12-8-. The lowest BCUT2D eigenvalue weighted by atomic mass is 9.93. The summed E-state index contributed by atoms with van der Waals surface area (Å²) in [5.41, 5.74) is 3.32. The summed E-state index contributed by atoms with van der Waals surface area (Å²) in [7, 11) is 0. The molecule has 0 saturated carbocycles. The first kappa shape index (κ1) is 11.9. The Morgan fingerprint density at radius 2 is 2.00 bits per heavy atom. The van der Waals surface area contributed by atoms with Crippen molar-refractivity contribution >= 4 is 11.8 Å². The predicted molar refractivity (Wildman–Crippen MR) is 67.7 cm³/mol. The molecule has 0 saturated heterocycles. The van der Waals surface area contributed by atoms with Crippen LogP contribution in [0.2, 0.25) is 0 Å².